The van der Waals surface area contributed by atoms with Gasteiger partial charge in [-0.2, -0.15) is 0 Å². The number of nitrogens with one attached hydrogen (secondary N) is 2. The second kappa shape index (κ2) is 20.4. The van der Waals surface area contributed by atoms with Crippen LogP contribution in [-0.4, -0.2) is 171 Å². The van der Waals surface area contributed by atoms with E-state index >= 15 is 0 Å². The number of hydrogen-bond acceptors (Lipinski definition) is 16. The number of ether oxygens (including phenoxy) is 6. The van der Waals surface area contributed by atoms with E-state index in [1.54, 1.807) is 6.92 Å². The van der Waals surface area contributed by atoms with E-state index in [0.29, 0.717) is 6.42 Å². The van der Waals surface area contributed by atoms with Crippen molar-refractivity contribution >= 4 is 11.8 Å². The summed E-state index contributed by atoms with van der Waals surface area (Å²) in [5.74, 6) is -1.17. The van der Waals surface area contributed by atoms with E-state index in [9.17, 15) is 50.4 Å². The van der Waals surface area contributed by atoms with E-state index in [-0.39, 0.29) is 13.0 Å². The molecule has 18 nitrogen and oxygen atoms in total. The zero-order valence-electron chi connectivity index (χ0n) is 28.3. The largest absolute Gasteiger partial charge is 0.394 e. The maximum absolute atomic E-state index is 12.6. The highest BCUT2D eigenvalue weighted by Crippen LogP contribution is 2.33. The number of amides is 2. The fourth-order valence-electron chi connectivity index (χ4n) is 6.11. The van der Waals surface area contributed by atoms with Crippen molar-refractivity contribution in [3.05, 3.63) is 0 Å². The third kappa shape index (κ3) is 10.9. The van der Waals surface area contributed by atoms with Crippen molar-refractivity contribution in [2.45, 2.75) is 158 Å². The first-order valence-corrected chi connectivity index (χ1v) is 17.1. The van der Waals surface area contributed by atoms with Crippen molar-refractivity contribution in [3.8, 4) is 0 Å². The van der Waals surface area contributed by atoms with Crippen LogP contribution in [0, 0.1) is 0 Å². The van der Waals surface area contributed by atoms with E-state index in [2.05, 4.69) is 17.6 Å². The van der Waals surface area contributed by atoms with Gasteiger partial charge < -0.3 is 79.9 Å². The van der Waals surface area contributed by atoms with Crippen molar-refractivity contribution in [2.75, 3.05) is 26.4 Å². The number of hydrogen-bond donors (Lipinski definition) is 10. The molecule has 0 aromatic carbocycles. The van der Waals surface area contributed by atoms with Crippen LogP contribution in [0.3, 0.4) is 0 Å². The molecule has 10 N–H and O–H groups in total. The normalized spacial score (nSPS) is 39.8. The molecule has 3 saturated heterocycles. The lowest BCUT2D eigenvalue weighted by molar-refractivity contribution is -0.367. The molecular formula is C31H56N2O16. The summed E-state index contributed by atoms with van der Waals surface area (Å²) < 4.78 is 35.2. The van der Waals surface area contributed by atoms with Crippen LogP contribution in [0.4, 0.5) is 0 Å². The molecule has 3 aliphatic rings. The Labute approximate surface area is 285 Å². The predicted molar refractivity (Wildman–Crippen MR) is 166 cm³/mol. The van der Waals surface area contributed by atoms with Gasteiger partial charge in [-0.1, -0.05) is 46.0 Å². The summed E-state index contributed by atoms with van der Waals surface area (Å²) in [6.07, 6.45) is -13.9. The van der Waals surface area contributed by atoms with Crippen LogP contribution >= 0.6 is 0 Å². The molecule has 0 saturated carbocycles. The van der Waals surface area contributed by atoms with Gasteiger partial charge in [-0.05, 0) is 6.42 Å². The highest BCUT2D eigenvalue weighted by Gasteiger charge is 2.54. The summed E-state index contributed by atoms with van der Waals surface area (Å²) in [7, 11) is 0. The Kier molecular flexibility index (Phi) is 17.4. The summed E-state index contributed by atoms with van der Waals surface area (Å²) in [5.41, 5.74) is 0. The highest BCUT2D eigenvalue weighted by atomic mass is 16.8. The molecule has 0 aromatic heterocycles. The maximum atomic E-state index is 12.6. The minimum atomic E-state index is -1.73. The molecule has 0 aliphatic carbocycles. The molecule has 15 atom stereocenters. The van der Waals surface area contributed by atoms with Gasteiger partial charge in [-0.3, -0.25) is 9.59 Å². The van der Waals surface area contributed by atoms with Crippen LogP contribution in [0.5, 0.6) is 0 Å². The number of aliphatic hydroxyl groups excluding tert-OH is 8. The van der Waals surface area contributed by atoms with Crippen LogP contribution < -0.4 is 10.6 Å². The molecule has 3 heterocycles. The van der Waals surface area contributed by atoms with Crippen LogP contribution in [0.2, 0.25) is 0 Å². The predicted octanol–water partition coefficient (Wildman–Crippen LogP) is -3.51. The van der Waals surface area contributed by atoms with Gasteiger partial charge in [-0.25, -0.2) is 0 Å². The van der Waals surface area contributed by atoms with E-state index in [4.69, 9.17) is 28.4 Å². The molecule has 49 heavy (non-hydrogen) atoms. The number of unbranched alkanes of at least 4 members (excludes halogenated alkanes) is 5. The van der Waals surface area contributed by atoms with Crippen molar-refractivity contribution in [1.29, 1.82) is 0 Å². The van der Waals surface area contributed by atoms with Gasteiger partial charge >= 0.3 is 0 Å². The molecule has 0 radical (unpaired) electrons. The number of aliphatic hydroxyl groups is 8. The van der Waals surface area contributed by atoms with E-state index in [1.807, 2.05) is 0 Å². The van der Waals surface area contributed by atoms with E-state index in [1.165, 1.54) is 0 Å². The van der Waals surface area contributed by atoms with Gasteiger partial charge in [0.1, 0.15) is 73.1 Å². The topological polar surface area (TPSA) is 275 Å². The fraction of sp³-hybridized carbons (Fsp3) is 0.935. The Morgan fingerprint density at radius 2 is 1.12 bits per heavy atom. The Balaban J connectivity index is 1.85. The van der Waals surface area contributed by atoms with E-state index < -0.39 is 124 Å². The average Bonchev–Trinajstić information content (AvgIpc) is 3.08. The minimum absolute atomic E-state index is 0.0282. The second-order valence-electron chi connectivity index (χ2n) is 12.6. The highest BCUT2D eigenvalue weighted by molar-refractivity contribution is 5.76. The van der Waals surface area contributed by atoms with Gasteiger partial charge in [0.05, 0.1) is 19.8 Å². The molecule has 0 spiro atoms. The summed E-state index contributed by atoms with van der Waals surface area (Å²) in [6, 6.07) is -2.83. The lowest BCUT2D eigenvalue weighted by atomic mass is 9.94. The first-order valence-electron chi connectivity index (χ1n) is 17.1. The quantitative estimate of drug-likeness (QED) is 0.0617. The third-order valence-electron chi connectivity index (χ3n) is 8.94. The summed E-state index contributed by atoms with van der Waals surface area (Å²) >= 11 is 0. The first-order chi connectivity index (χ1) is 23.4. The SMILES string of the molecule is CCCCCCCCO[C@H]1O[C@H](CO)[C@@H](O)[C@H](O)[C@@H]1O[C@@H]1O[C@H](CO)[C@@H](O[C@@H]2O[C@H](CO)[C@H](O)[C@H](O)[C@H]2NC(C)=O)[C@H](O)[C@H]1NC(=O)CC. The number of rotatable bonds is 18. The van der Waals surface area contributed by atoms with Gasteiger partial charge in [0.15, 0.2) is 18.9 Å². The molecule has 2 amide bonds. The standard InChI is InChI=1S/C31H56N2O16/c1-4-6-7-8-9-10-11-44-31-28(26(43)23(40)17(13-35)46-31)49-30-21(33-19(38)5-2)25(42)27(18(14-36)47-30)48-29-20(32-15(3)37)24(41)22(39)16(12-34)45-29/h16-18,20-31,34-36,39-43H,4-14H2,1-3H3,(H,32,37)(H,33,38)/t16-,17-,18-,20-,21-,22+,23-,24-,25-,26+,27-,28+,29+,30+,31+/m1/s1. The molecule has 18 heteroatoms. The zero-order valence-corrected chi connectivity index (χ0v) is 28.3. The lowest BCUT2D eigenvalue weighted by Crippen LogP contribution is -2.70. The lowest BCUT2D eigenvalue weighted by Gasteiger charge is -2.49. The Hall–Kier alpha value is -1.62. The Bertz CT molecular complexity index is 997. The molecule has 3 aliphatic heterocycles. The van der Waals surface area contributed by atoms with Gasteiger partial charge in [0, 0.05) is 20.0 Å². The smallest absolute Gasteiger partial charge is 0.220 e. The van der Waals surface area contributed by atoms with Gasteiger partial charge in [-0.15, -0.1) is 0 Å². The van der Waals surface area contributed by atoms with Crippen molar-refractivity contribution in [2.24, 2.45) is 0 Å². The number of carbonyl (C=O) groups excluding carboxylic acids is 2. The third-order valence-corrected chi connectivity index (χ3v) is 8.94. The van der Waals surface area contributed by atoms with Crippen molar-refractivity contribution in [1.82, 2.24) is 10.6 Å². The van der Waals surface area contributed by atoms with Gasteiger partial charge in [0.2, 0.25) is 11.8 Å². The Morgan fingerprint density at radius 3 is 1.69 bits per heavy atom. The van der Waals surface area contributed by atoms with Crippen molar-refractivity contribution in [3.63, 3.8) is 0 Å². The molecule has 3 rings (SSSR count). The number of carbonyl (C=O) groups is 2. The molecule has 0 aromatic rings. The molecule has 0 unspecified atom stereocenters. The van der Waals surface area contributed by atoms with E-state index in [0.717, 1.165) is 39.0 Å². The fourth-order valence-corrected chi connectivity index (χ4v) is 6.11. The molecule has 0 bridgehead atoms. The average molecular weight is 713 g/mol. The van der Waals surface area contributed by atoms with Crippen LogP contribution in [-0.2, 0) is 38.0 Å². The zero-order chi connectivity index (χ0) is 36.2. The maximum Gasteiger partial charge on any atom is 0.220 e. The second-order valence-corrected chi connectivity index (χ2v) is 12.6. The molecular weight excluding hydrogens is 656 g/mol. The van der Waals surface area contributed by atoms with Gasteiger partial charge in [0.25, 0.3) is 0 Å². The minimum Gasteiger partial charge on any atom is -0.394 e. The summed E-state index contributed by atoms with van der Waals surface area (Å²) in [6.45, 7) is 2.85. The van der Waals surface area contributed by atoms with Crippen LogP contribution in [0.15, 0.2) is 0 Å². The van der Waals surface area contributed by atoms with Crippen LogP contribution in [0.25, 0.3) is 0 Å². The molecule has 286 valence electrons. The molecule has 3 fully saturated rings. The van der Waals surface area contributed by atoms with Crippen LogP contribution in [0.1, 0.15) is 65.7 Å². The van der Waals surface area contributed by atoms with Crippen molar-refractivity contribution < 1.29 is 78.9 Å². The Morgan fingerprint density at radius 1 is 0.612 bits per heavy atom. The summed E-state index contributed by atoms with van der Waals surface area (Å²) in [5, 5.41) is 89.1. The first kappa shape index (κ1) is 41.8. The monoisotopic (exact) mass is 712 g/mol. The summed E-state index contributed by atoms with van der Waals surface area (Å²) in [4.78, 5) is 24.5.